The molecule has 4 rings (SSSR count). The van der Waals surface area contributed by atoms with Gasteiger partial charge in [0, 0.05) is 44.1 Å². The summed E-state index contributed by atoms with van der Waals surface area (Å²) in [6.07, 6.45) is 4.54. The number of nitrogens with one attached hydrogen (secondary N) is 1. The van der Waals surface area contributed by atoms with Crippen LogP contribution in [0.25, 0.3) is 11.3 Å². The number of H-pyrrole nitrogens is 1. The lowest BCUT2D eigenvalue weighted by molar-refractivity contribution is -0.133. The summed E-state index contributed by atoms with van der Waals surface area (Å²) in [4.78, 5) is 18.7. The van der Waals surface area contributed by atoms with E-state index in [2.05, 4.69) is 15.2 Å². The molecule has 0 radical (unpaired) electrons. The molecule has 1 fully saturated rings. The van der Waals surface area contributed by atoms with Crippen LogP contribution in [0.5, 0.6) is 0 Å². The molecule has 0 aliphatic carbocycles. The summed E-state index contributed by atoms with van der Waals surface area (Å²) in [5.74, 6) is -0.249. The summed E-state index contributed by atoms with van der Waals surface area (Å²) in [5.41, 5.74) is 2.10. The molecule has 8 nitrogen and oxygen atoms in total. The van der Waals surface area contributed by atoms with Gasteiger partial charge in [0.15, 0.2) is 0 Å². The Morgan fingerprint density at radius 3 is 2.37 bits per heavy atom. The summed E-state index contributed by atoms with van der Waals surface area (Å²) in [7, 11) is -3.74. The summed E-state index contributed by atoms with van der Waals surface area (Å²) in [6, 6.07) is 13.1. The largest absolute Gasteiger partial charge is 0.340 e. The van der Waals surface area contributed by atoms with E-state index in [9.17, 15) is 13.2 Å². The second kappa shape index (κ2) is 8.37. The zero-order chi connectivity index (χ0) is 21.1. The van der Waals surface area contributed by atoms with Crippen molar-refractivity contribution in [2.45, 2.75) is 17.7 Å². The Hall–Kier alpha value is -3.04. The summed E-state index contributed by atoms with van der Waals surface area (Å²) in [5, 5.41) is 6.72. The predicted octanol–water partition coefficient (Wildman–Crippen LogP) is 2.11. The standard InChI is InChI=1S/C21H23N5O3S/c1-16(17-5-3-2-4-6-17)21(27)25-11-13-26(14-12-25)30(28,29)19-15-23-24-20(19)18-7-9-22-10-8-18/h2-10,15-16H,11-14H2,1H3,(H,23,24). The lowest BCUT2D eigenvalue weighted by atomic mass is 9.99. The maximum absolute atomic E-state index is 13.2. The van der Waals surface area contributed by atoms with E-state index in [0.717, 1.165) is 5.56 Å². The number of sulfonamides is 1. The number of aromatic amines is 1. The number of carbonyl (C=O) groups excluding carboxylic acids is 1. The Morgan fingerprint density at radius 1 is 1.03 bits per heavy atom. The molecule has 3 aromatic rings. The molecule has 0 bridgehead atoms. The fraction of sp³-hybridized carbons (Fsp3) is 0.286. The van der Waals surface area contributed by atoms with Crippen LogP contribution in [0.2, 0.25) is 0 Å². The quantitative estimate of drug-likeness (QED) is 0.675. The zero-order valence-corrected chi connectivity index (χ0v) is 17.4. The lowest BCUT2D eigenvalue weighted by Crippen LogP contribution is -2.51. The number of hydrogen-bond acceptors (Lipinski definition) is 5. The van der Waals surface area contributed by atoms with Crippen molar-refractivity contribution in [2.24, 2.45) is 0 Å². The summed E-state index contributed by atoms with van der Waals surface area (Å²) < 4.78 is 27.9. The van der Waals surface area contributed by atoms with Gasteiger partial charge in [-0.25, -0.2) is 8.42 Å². The summed E-state index contributed by atoms with van der Waals surface area (Å²) in [6.45, 7) is 3.09. The van der Waals surface area contributed by atoms with Crippen LogP contribution in [-0.2, 0) is 14.8 Å². The number of nitrogens with zero attached hydrogens (tertiary/aromatic N) is 4. The van der Waals surface area contributed by atoms with Crippen LogP contribution in [0.4, 0.5) is 0 Å². The van der Waals surface area contributed by atoms with E-state index in [0.29, 0.717) is 24.3 Å². The fourth-order valence-corrected chi connectivity index (χ4v) is 5.17. The molecule has 9 heteroatoms. The van der Waals surface area contributed by atoms with Crippen molar-refractivity contribution in [3.63, 3.8) is 0 Å². The highest BCUT2D eigenvalue weighted by Gasteiger charge is 2.34. The third kappa shape index (κ3) is 3.86. The average molecular weight is 426 g/mol. The van der Waals surface area contributed by atoms with E-state index < -0.39 is 10.0 Å². The molecule has 3 heterocycles. The molecule has 1 unspecified atom stereocenters. The van der Waals surface area contributed by atoms with Crippen LogP contribution < -0.4 is 0 Å². The molecular weight excluding hydrogens is 402 g/mol. The highest BCUT2D eigenvalue weighted by molar-refractivity contribution is 7.89. The number of pyridine rings is 1. The van der Waals surface area contributed by atoms with Gasteiger partial charge in [0.05, 0.1) is 17.8 Å². The number of aromatic nitrogens is 3. The van der Waals surface area contributed by atoms with E-state index in [4.69, 9.17) is 0 Å². The number of hydrogen-bond donors (Lipinski definition) is 1. The first-order valence-corrected chi connectivity index (χ1v) is 11.2. The Kier molecular flexibility index (Phi) is 5.65. The van der Waals surface area contributed by atoms with Gasteiger partial charge in [-0.15, -0.1) is 0 Å². The molecule has 1 saturated heterocycles. The molecule has 1 aromatic carbocycles. The van der Waals surface area contributed by atoms with Crippen LogP contribution >= 0.6 is 0 Å². The third-order valence-corrected chi connectivity index (χ3v) is 7.32. The third-order valence-electron chi connectivity index (χ3n) is 5.41. The van der Waals surface area contributed by atoms with Crippen molar-refractivity contribution >= 4 is 15.9 Å². The van der Waals surface area contributed by atoms with Crippen molar-refractivity contribution < 1.29 is 13.2 Å². The van der Waals surface area contributed by atoms with Crippen LogP contribution in [0.15, 0.2) is 66.0 Å². The van der Waals surface area contributed by atoms with Crippen molar-refractivity contribution in [1.29, 1.82) is 0 Å². The highest BCUT2D eigenvalue weighted by atomic mass is 32.2. The van der Waals surface area contributed by atoms with Crippen LogP contribution in [0.1, 0.15) is 18.4 Å². The van der Waals surface area contributed by atoms with Gasteiger partial charge in [-0.1, -0.05) is 30.3 Å². The Balaban J connectivity index is 1.47. The van der Waals surface area contributed by atoms with Crippen molar-refractivity contribution in [1.82, 2.24) is 24.4 Å². The Bertz CT molecular complexity index is 1110. The maximum atomic E-state index is 13.2. The van der Waals surface area contributed by atoms with Gasteiger partial charge in [0.1, 0.15) is 4.90 Å². The van der Waals surface area contributed by atoms with Crippen LogP contribution in [0, 0.1) is 0 Å². The minimum atomic E-state index is -3.74. The number of amides is 1. The molecule has 1 aliphatic heterocycles. The van der Waals surface area contributed by atoms with E-state index in [1.165, 1.54) is 10.5 Å². The first kappa shape index (κ1) is 20.2. The highest BCUT2D eigenvalue weighted by Crippen LogP contribution is 2.28. The summed E-state index contributed by atoms with van der Waals surface area (Å²) >= 11 is 0. The molecule has 30 heavy (non-hydrogen) atoms. The molecule has 1 N–H and O–H groups in total. The van der Waals surface area contributed by atoms with Gasteiger partial charge < -0.3 is 4.90 Å². The molecule has 0 saturated carbocycles. The molecule has 1 aliphatic rings. The van der Waals surface area contributed by atoms with Gasteiger partial charge in [0.25, 0.3) is 0 Å². The van der Waals surface area contributed by atoms with E-state index in [-0.39, 0.29) is 29.8 Å². The molecule has 2 aromatic heterocycles. The fourth-order valence-electron chi connectivity index (χ4n) is 3.64. The van der Waals surface area contributed by atoms with E-state index in [1.807, 2.05) is 37.3 Å². The number of carbonyl (C=O) groups is 1. The van der Waals surface area contributed by atoms with Gasteiger partial charge in [-0.2, -0.15) is 9.40 Å². The van der Waals surface area contributed by atoms with Crippen molar-refractivity contribution in [2.75, 3.05) is 26.2 Å². The average Bonchev–Trinajstić information content (AvgIpc) is 3.30. The van der Waals surface area contributed by atoms with Crippen molar-refractivity contribution in [3.8, 4) is 11.3 Å². The minimum absolute atomic E-state index is 0.0130. The Morgan fingerprint density at radius 2 is 1.70 bits per heavy atom. The molecule has 0 spiro atoms. The number of piperazine rings is 1. The van der Waals surface area contributed by atoms with Gasteiger partial charge in [-0.05, 0) is 24.6 Å². The maximum Gasteiger partial charge on any atom is 0.246 e. The van der Waals surface area contributed by atoms with Crippen LogP contribution in [-0.4, -0.2) is 64.9 Å². The second-order valence-corrected chi connectivity index (χ2v) is 9.11. The van der Waals surface area contributed by atoms with E-state index >= 15 is 0 Å². The number of rotatable bonds is 5. The second-order valence-electron chi connectivity index (χ2n) is 7.21. The van der Waals surface area contributed by atoms with Crippen molar-refractivity contribution in [3.05, 3.63) is 66.6 Å². The van der Waals surface area contributed by atoms with Gasteiger partial charge in [0.2, 0.25) is 15.9 Å². The topological polar surface area (TPSA) is 99.3 Å². The van der Waals surface area contributed by atoms with E-state index in [1.54, 1.807) is 29.4 Å². The predicted molar refractivity (Wildman–Crippen MR) is 112 cm³/mol. The molecule has 1 amide bonds. The normalized spacial score (nSPS) is 16.4. The van der Waals surface area contributed by atoms with Gasteiger partial charge in [-0.3, -0.25) is 14.9 Å². The molecular formula is C21H23N5O3S. The Labute approximate surface area is 175 Å². The monoisotopic (exact) mass is 425 g/mol. The van der Waals surface area contributed by atoms with Gasteiger partial charge >= 0.3 is 0 Å². The first-order chi connectivity index (χ1) is 14.5. The first-order valence-electron chi connectivity index (χ1n) is 9.76. The number of benzene rings is 1. The SMILES string of the molecule is CC(C(=O)N1CCN(S(=O)(=O)c2cn[nH]c2-c2ccncc2)CC1)c1ccccc1. The minimum Gasteiger partial charge on any atom is -0.340 e. The smallest absolute Gasteiger partial charge is 0.246 e. The zero-order valence-electron chi connectivity index (χ0n) is 16.6. The lowest BCUT2D eigenvalue weighted by Gasteiger charge is -2.35. The molecule has 156 valence electrons. The molecule has 1 atom stereocenters. The van der Waals surface area contributed by atoms with Crippen LogP contribution in [0.3, 0.4) is 0 Å².